The molecular formula is C13H21Br2NS. The van der Waals surface area contributed by atoms with Crippen LogP contribution in [0.25, 0.3) is 0 Å². The largest absolute Gasteiger partial charge is 0.310 e. The van der Waals surface area contributed by atoms with E-state index < -0.39 is 0 Å². The molecule has 0 aromatic carbocycles. The summed E-state index contributed by atoms with van der Waals surface area (Å²) in [6.45, 7) is 7.89. The molecule has 1 rings (SSSR count). The maximum absolute atomic E-state index is 3.67. The lowest BCUT2D eigenvalue weighted by molar-refractivity contribution is 0.402. The Labute approximate surface area is 126 Å². The molecule has 0 aliphatic rings. The zero-order valence-electron chi connectivity index (χ0n) is 10.7. The Balaban J connectivity index is 2.77. The molecule has 2 atom stereocenters. The molecule has 17 heavy (non-hydrogen) atoms. The van der Waals surface area contributed by atoms with Crippen molar-refractivity contribution in [2.24, 2.45) is 5.92 Å². The predicted octanol–water partition coefficient (Wildman–Crippen LogP) is 5.75. The van der Waals surface area contributed by atoms with Crippen LogP contribution in [0.5, 0.6) is 0 Å². The van der Waals surface area contributed by atoms with E-state index in [4.69, 9.17) is 0 Å². The molecule has 1 aromatic heterocycles. The highest BCUT2D eigenvalue weighted by atomic mass is 79.9. The zero-order valence-corrected chi connectivity index (χ0v) is 14.7. The molecule has 0 bridgehead atoms. The van der Waals surface area contributed by atoms with E-state index in [1.165, 1.54) is 32.4 Å². The van der Waals surface area contributed by atoms with Gasteiger partial charge >= 0.3 is 0 Å². The second kappa shape index (κ2) is 7.93. The number of hydrogen-bond donors (Lipinski definition) is 1. The number of halogens is 2. The van der Waals surface area contributed by atoms with Gasteiger partial charge in [-0.05, 0) is 68.8 Å². The molecule has 0 aliphatic heterocycles. The summed E-state index contributed by atoms with van der Waals surface area (Å²) in [6, 6.07) is 2.71. The minimum atomic E-state index is 0.474. The first-order valence-corrected chi connectivity index (χ1v) is 8.66. The normalized spacial score (nSPS) is 14.9. The van der Waals surface area contributed by atoms with Gasteiger partial charge in [-0.3, -0.25) is 0 Å². The van der Waals surface area contributed by atoms with Crippen LogP contribution in [-0.4, -0.2) is 6.54 Å². The van der Waals surface area contributed by atoms with Gasteiger partial charge in [-0.15, -0.1) is 11.3 Å². The monoisotopic (exact) mass is 381 g/mol. The fourth-order valence-corrected chi connectivity index (χ4v) is 4.77. The van der Waals surface area contributed by atoms with Gasteiger partial charge in [-0.25, -0.2) is 0 Å². The number of thiophene rings is 1. The van der Waals surface area contributed by atoms with Crippen molar-refractivity contribution in [2.75, 3.05) is 6.54 Å². The van der Waals surface area contributed by atoms with E-state index in [-0.39, 0.29) is 0 Å². The van der Waals surface area contributed by atoms with Crippen LogP contribution in [-0.2, 0) is 0 Å². The van der Waals surface area contributed by atoms with Crippen LogP contribution in [0.15, 0.2) is 13.6 Å². The molecule has 98 valence electrons. The molecule has 1 aromatic rings. The predicted molar refractivity (Wildman–Crippen MR) is 84.8 cm³/mol. The van der Waals surface area contributed by atoms with Crippen LogP contribution in [0.1, 0.15) is 51.6 Å². The standard InChI is InChI=1S/C13H21Br2NS/c1-4-6-16-11(7-9(3)5-2)10-8-12(14)17-13(10)15/h8-9,11,16H,4-7H2,1-3H3. The Morgan fingerprint density at radius 1 is 1.35 bits per heavy atom. The summed E-state index contributed by atoms with van der Waals surface area (Å²) < 4.78 is 2.45. The molecule has 0 amide bonds. The first-order chi connectivity index (χ1) is 8.08. The van der Waals surface area contributed by atoms with Crippen molar-refractivity contribution in [3.8, 4) is 0 Å². The van der Waals surface area contributed by atoms with Crippen molar-refractivity contribution in [3.05, 3.63) is 19.2 Å². The highest BCUT2D eigenvalue weighted by Gasteiger charge is 2.18. The van der Waals surface area contributed by atoms with E-state index in [0.29, 0.717) is 6.04 Å². The summed E-state index contributed by atoms with van der Waals surface area (Å²) in [4.78, 5) is 0. The van der Waals surface area contributed by atoms with Gasteiger partial charge < -0.3 is 5.32 Å². The van der Waals surface area contributed by atoms with E-state index >= 15 is 0 Å². The Morgan fingerprint density at radius 2 is 2.06 bits per heavy atom. The van der Waals surface area contributed by atoms with Gasteiger partial charge in [0.25, 0.3) is 0 Å². The molecule has 0 saturated heterocycles. The van der Waals surface area contributed by atoms with Crippen molar-refractivity contribution >= 4 is 43.2 Å². The number of rotatable bonds is 7. The second-order valence-electron chi connectivity index (χ2n) is 4.54. The van der Waals surface area contributed by atoms with Gasteiger partial charge in [-0.1, -0.05) is 27.2 Å². The summed E-state index contributed by atoms with van der Waals surface area (Å²) in [7, 11) is 0. The first kappa shape index (κ1) is 15.7. The molecule has 4 heteroatoms. The lowest BCUT2D eigenvalue weighted by atomic mass is 9.96. The van der Waals surface area contributed by atoms with Crippen molar-refractivity contribution in [3.63, 3.8) is 0 Å². The summed E-state index contributed by atoms with van der Waals surface area (Å²) in [5.41, 5.74) is 1.40. The molecule has 1 heterocycles. The number of hydrogen-bond acceptors (Lipinski definition) is 2. The lowest BCUT2D eigenvalue weighted by Gasteiger charge is -2.21. The summed E-state index contributed by atoms with van der Waals surface area (Å²) in [6.07, 6.45) is 3.63. The molecule has 2 unspecified atom stereocenters. The molecule has 0 radical (unpaired) electrons. The van der Waals surface area contributed by atoms with E-state index in [9.17, 15) is 0 Å². The van der Waals surface area contributed by atoms with E-state index in [1.54, 1.807) is 11.3 Å². The van der Waals surface area contributed by atoms with Crippen molar-refractivity contribution in [1.29, 1.82) is 0 Å². The fraction of sp³-hybridized carbons (Fsp3) is 0.692. The average molecular weight is 383 g/mol. The lowest BCUT2D eigenvalue weighted by Crippen LogP contribution is -2.23. The highest BCUT2D eigenvalue weighted by Crippen LogP contribution is 2.37. The third kappa shape index (κ3) is 5.01. The van der Waals surface area contributed by atoms with Gasteiger partial charge in [0, 0.05) is 6.04 Å². The van der Waals surface area contributed by atoms with Crippen molar-refractivity contribution < 1.29 is 0 Å². The van der Waals surface area contributed by atoms with Crippen LogP contribution < -0.4 is 5.32 Å². The molecule has 0 saturated carbocycles. The first-order valence-electron chi connectivity index (χ1n) is 6.26. The van der Waals surface area contributed by atoms with Gasteiger partial charge in [0.1, 0.15) is 0 Å². The molecule has 1 nitrogen and oxygen atoms in total. The minimum absolute atomic E-state index is 0.474. The zero-order chi connectivity index (χ0) is 12.8. The van der Waals surface area contributed by atoms with Gasteiger partial charge in [-0.2, -0.15) is 0 Å². The van der Waals surface area contributed by atoms with Crippen LogP contribution in [0.3, 0.4) is 0 Å². The SMILES string of the molecule is CCCNC(CC(C)CC)c1cc(Br)sc1Br. The van der Waals surface area contributed by atoms with Crippen LogP contribution in [0.2, 0.25) is 0 Å². The van der Waals surface area contributed by atoms with Gasteiger partial charge in [0.15, 0.2) is 0 Å². The van der Waals surface area contributed by atoms with Crippen molar-refractivity contribution in [1.82, 2.24) is 5.32 Å². The summed E-state index contributed by atoms with van der Waals surface area (Å²) in [5.74, 6) is 0.759. The quantitative estimate of drug-likeness (QED) is 0.632. The van der Waals surface area contributed by atoms with Crippen LogP contribution >= 0.6 is 43.2 Å². The van der Waals surface area contributed by atoms with E-state index in [1.807, 2.05) is 0 Å². The Kier molecular flexibility index (Phi) is 7.31. The maximum atomic E-state index is 3.67. The van der Waals surface area contributed by atoms with Crippen LogP contribution in [0, 0.1) is 5.92 Å². The Bertz CT molecular complexity index is 338. The van der Waals surface area contributed by atoms with E-state index in [2.05, 4.69) is 64.0 Å². The Hall–Kier alpha value is 0.620. The van der Waals surface area contributed by atoms with Gasteiger partial charge in [0.05, 0.1) is 7.57 Å². The fourth-order valence-electron chi connectivity index (χ4n) is 1.80. The molecule has 0 fully saturated rings. The maximum Gasteiger partial charge on any atom is 0.0758 e. The average Bonchev–Trinajstić information content (AvgIpc) is 2.63. The summed E-state index contributed by atoms with van der Waals surface area (Å²) in [5, 5.41) is 3.66. The van der Waals surface area contributed by atoms with E-state index in [0.717, 1.165) is 12.5 Å². The molecule has 0 aliphatic carbocycles. The summed E-state index contributed by atoms with van der Waals surface area (Å²) >= 11 is 8.99. The number of nitrogens with one attached hydrogen (secondary N) is 1. The Morgan fingerprint density at radius 3 is 2.53 bits per heavy atom. The highest BCUT2D eigenvalue weighted by molar-refractivity contribution is 9.12. The third-order valence-electron chi connectivity index (χ3n) is 3.03. The van der Waals surface area contributed by atoms with Crippen LogP contribution in [0.4, 0.5) is 0 Å². The molecular weight excluding hydrogens is 362 g/mol. The minimum Gasteiger partial charge on any atom is -0.310 e. The van der Waals surface area contributed by atoms with Gasteiger partial charge in [0.2, 0.25) is 0 Å². The third-order valence-corrected chi connectivity index (χ3v) is 5.42. The second-order valence-corrected chi connectivity index (χ2v) is 8.28. The topological polar surface area (TPSA) is 12.0 Å². The molecule has 0 spiro atoms. The smallest absolute Gasteiger partial charge is 0.0758 e. The van der Waals surface area contributed by atoms with Crippen molar-refractivity contribution in [2.45, 2.75) is 46.1 Å². The molecule has 1 N–H and O–H groups in total.